The van der Waals surface area contributed by atoms with E-state index in [1.165, 1.54) is 5.56 Å². The summed E-state index contributed by atoms with van der Waals surface area (Å²) in [5.41, 5.74) is 3.13. The van der Waals surface area contributed by atoms with E-state index in [0.717, 1.165) is 5.69 Å². The van der Waals surface area contributed by atoms with E-state index in [-0.39, 0.29) is 29.4 Å². The maximum atomic E-state index is 12.7. The number of nitrogens with zero attached hydrogens (tertiary/aromatic N) is 2. The zero-order chi connectivity index (χ0) is 19.8. The number of sulfone groups is 1. The van der Waals surface area contributed by atoms with Crippen molar-refractivity contribution in [2.75, 3.05) is 16.8 Å². The Morgan fingerprint density at radius 3 is 2.33 bits per heavy atom. The van der Waals surface area contributed by atoms with Gasteiger partial charge < -0.3 is 5.32 Å². The zero-order valence-electron chi connectivity index (χ0n) is 16.3. The summed E-state index contributed by atoms with van der Waals surface area (Å²) in [7, 11) is -3.02. The molecule has 0 spiro atoms. The fourth-order valence-electron chi connectivity index (χ4n) is 3.36. The highest BCUT2D eigenvalue weighted by Crippen LogP contribution is 2.28. The van der Waals surface area contributed by atoms with Gasteiger partial charge in [0.2, 0.25) is 0 Å². The van der Waals surface area contributed by atoms with Crippen LogP contribution in [0.15, 0.2) is 30.3 Å². The summed E-state index contributed by atoms with van der Waals surface area (Å²) in [6.45, 7) is 8.28. The molecule has 0 radical (unpaired) electrons. The van der Waals surface area contributed by atoms with Gasteiger partial charge in [-0.25, -0.2) is 8.42 Å². The fourth-order valence-corrected chi connectivity index (χ4v) is 5.05. The Balaban J connectivity index is 1.81. The van der Waals surface area contributed by atoms with Gasteiger partial charge in [-0.1, -0.05) is 39.8 Å². The summed E-state index contributed by atoms with van der Waals surface area (Å²) in [5.74, 6) is 0.563. The number of carbonyl (C=O) groups excluding carboxylic acids is 1. The standard InChI is InChI=1S/C20H27N3O3S/c1-13(2)15-5-7-16(8-6-15)21-20(24)18-11-19(14(3)4)23(22-18)17-9-10-27(25,26)12-17/h5-8,11,13-14,17H,9-10,12H2,1-4H3,(H,21,24)/t17-/m0/s1. The molecule has 0 aliphatic carbocycles. The average molecular weight is 390 g/mol. The van der Waals surface area contributed by atoms with Gasteiger partial charge in [0.15, 0.2) is 15.5 Å². The number of hydrogen-bond acceptors (Lipinski definition) is 4. The summed E-state index contributed by atoms with van der Waals surface area (Å²) >= 11 is 0. The van der Waals surface area contributed by atoms with Crippen molar-refractivity contribution in [1.29, 1.82) is 0 Å². The lowest BCUT2D eigenvalue weighted by Crippen LogP contribution is -2.17. The average Bonchev–Trinajstić information content (AvgIpc) is 3.18. The van der Waals surface area contributed by atoms with Gasteiger partial charge in [-0.05, 0) is 42.0 Å². The van der Waals surface area contributed by atoms with Crippen molar-refractivity contribution in [2.24, 2.45) is 0 Å². The molecule has 27 heavy (non-hydrogen) atoms. The van der Waals surface area contributed by atoms with Gasteiger partial charge in [0.1, 0.15) is 0 Å². The molecule has 146 valence electrons. The molecule has 2 heterocycles. The topological polar surface area (TPSA) is 81.1 Å². The van der Waals surface area contributed by atoms with E-state index in [4.69, 9.17) is 0 Å². The van der Waals surface area contributed by atoms with Crippen molar-refractivity contribution in [3.05, 3.63) is 47.3 Å². The van der Waals surface area contributed by atoms with E-state index < -0.39 is 9.84 Å². The van der Waals surface area contributed by atoms with Crippen LogP contribution in [0, 0.1) is 0 Å². The molecular weight excluding hydrogens is 362 g/mol. The molecule has 3 rings (SSSR count). The van der Waals surface area contributed by atoms with E-state index in [2.05, 4.69) is 24.3 Å². The molecule has 1 saturated heterocycles. The quantitative estimate of drug-likeness (QED) is 0.845. The van der Waals surface area contributed by atoms with Crippen LogP contribution in [-0.4, -0.2) is 35.6 Å². The Hall–Kier alpha value is -2.15. The second kappa shape index (κ2) is 7.46. The van der Waals surface area contributed by atoms with Crippen LogP contribution in [0.25, 0.3) is 0 Å². The van der Waals surface area contributed by atoms with Crippen LogP contribution in [0.5, 0.6) is 0 Å². The predicted octanol–water partition coefficient (Wildman–Crippen LogP) is 3.74. The second-order valence-corrected chi connectivity index (χ2v) is 10.1. The van der Waals surface area contributed by atoms with Crippen molar-refractivity contribution < 1.29 is 13.2 Å². The fraction of sp³-hybridized carbons (Fsp3) is 0.500. The first-order valence-corrected chi connectivity index (χ1v) is 11.2. The Morgan fingerprint density at radius 1 is 1.15 bits per heavy atom. The maximum absolute atomic E-state index is 12.7. The lowest BCUT2D eigenvalue weighted by molar-refractivity contribution is 0.102. The SMILES string of the molecule is CC(C)c1ccc(NC(=O)c2cc(C(C)C)n([C@H]3CCS(=O)(=O)C3)n2)cc1. The molecule has 1 N–H and O–H groups in total. The number of benzene rings is 1. The number of carbonyl (C=O) groups is 1. The number of aromatic nitrogens is 2. The molecule has 1 amide bonds. The third-order valence-corrected chi connectivity index (χ3v) is 6.73. The van der Waals surface area contributed by atoms with E-state index in [1.807, 2.05) is 38.1 Å². The number of hydrogen-bond donors (Lipinski definition) is 1. The summed E-state index contributed by atoms with van der Waals surface area (Å²) < 4.78 is 25.4. The molecule has 0 unspecified atom stereocenters. The molecule has 1 atom stereocenters. The molecular formula is C20H27N3O3S. The first-order chi connectivity index (χ1) is 12.7. The van der Waals surface area contributed by atoms with Gasteiger partial charge in [0.25, 0.3) is 5.91 Å². The highest BCUT2D eigenvalue weighted by molar-refractivity contribution is 7.91. The molecule has 7 heteroatoms. The van der Waals surface area contributed by atoms with Crippen LogP contribution < -0.4 is 5.32 Å². The first-order valence-electron chi connectivity index (χ1n) is 9.37. The van der Waals surface area contributed by atoms with Crippen molar-refractivity contribution in [1.82, 2.24) is 9.78 Å². The smallest absolute Gasteiger partial charge is 0.276 e. The van der Waals surface area contributed by atoms with Crippen molar-refractivity contribution in [3.63, 3.8) is 0 Å². The number of anilines is 1. The van der Waals surface area contributed by atoms with Crippen molar-refractivity contribution >= 4 is 21.4 Å². The summed E-state index contributed by atoms with van der Waals surface area (Å²) in [5, 5.41) is 7.34. The van der Waals surface area contributed by atoms with Gasteiger partial charge in [-0.3, -0.25) is 9.48 Å². The third-order valence-electron chi connectivity index (χ3n) is 4.98. The molecule has 1 aromatic heterocycles. The summed E-state index contributed by atoms with van der Waals surface area (Å²) in [4.78, 5) is 12.7. The van der Waals surface area contributed by atoms with Crippen LogP contribution in [0.2, 0.25) is 0 Å². The van der Waals surface area contributed by atoms with E-state index in [9.17, 15) is 13.2 Å². The normalized spacial score (nSPS) is 19.0. The van der Waals surface area contributed by atoms with Gasteiger partial charge in [0.05, 0.1) is 17.5 Å². The second-order valence-electron chi connectivity index (χ2n) is 7.84. The van der Waals surface area contributed by atoms with Crippen molar-refractivity contribution in [3.8, 4) is 0 Å². The molecule has 2 aromatic rings. The van der Waals surface area contributed by atoms with Gasteiger partial charge in [0, 0.05) is 11.4 Å². The lowest BCUT2D eigenvalue weighted by Gasteiger charge is -2.15. The largest absolute Gasteiger partial charge is 0.321 e. The Labute approximate surface area is 160 Å². The molecule has 1 aromatic carbocycles. The Morgan fingerprint density at radius 2 is 1.81 bits per heavy atom. The molecule has 0 bridgehead atoms. The Bertz CT molecular complexity index is 928. The monoisotopic (exact) mass is 389 g/mol. The van der Waals surface area contributed by atoms with Crippen molar-refractivity contribution in [2.45, 2.75) is 52.0 Å². The molecule has 0 saturated carbocycles. The highest BCUT2D eigenvalue weighted by Gasteiger charge is 2.32. The number of amides is 1. The highest BCUT2D eigenvalue weighted by atomic mass is 32.2. The molecule has 6 nitrogen and oxygen atoms in total. The minimum absolute atomic E-state index is 0.0894. The van der Waals surface area contributed by atoms with Gasteiger partial charge in [-0.2, -0.15) is 5.10 Å². The zero-order valence-corrected chi connectivity index (χ0v) is 17.1. The number of nitrogens with one attached hydrogen (secondary N) is 1. The van der Waals surface area contributed by atoms with Crippen LogP contribution >= 0.6 is 0 Å². The molecule has 1 aliphatic rings. The van der Waals surface area contributed by atoms with Crippen LogP contribution in [0.3, 0.4) is 0 Å². The van der Waals surface area contributed by atoms with Gasteiger partial charge in [-0.15, -0.1) is 0 Å². The van der Waals surface area contributed by atoms with Crippen LogP contribution in [-0.2, 0) is 9.84 Å². The predicted molar refractivity (Wildman–Crippen MR) is 107 cm³/mol. The summed E-state index contributed by atoms with van der Waals surface area (Å²) in [6, 6.07) is 9.35. The minimum atomic E-state index is -3.02. The first kappa shape index (κ1) is 19.6. The molecule has 1 fully saturated rings. The molecule has 1 aliphatic heterocycles. The maximum Gasteiger partial charge on any atom is 0.276 e. The van der Waals surface area contributed by atoms with Crippen LogP contribution in [0.4, 0.5) is 5.69 Å². The van der Waals surface area contributed by atoms with E-state index >= 15 is 0 Å². The minimum Gasteiger partial charge on any atom is -0.321 e. The lowest BCUT2D eigenvalue weighted by atomic mass is 10.0. The summed E-state index contributed by atoms with van der Waals surface area (Å²) in [6.07, 6.45) is 0.543. The Kier molecular flexibility index (Phi) is 5.42. The van der Waals surface area contributed by atoms with Crippen LogP contribution in [0.1, 0.15) is 73.7 Å². The van der Waals surface area contributed by atoms with Gasteiger partial charge >= 0.3 is 0 Å². The van der Waals surface area contributed by atoms with E-state index in [1.54, 1.807) is 10.7 Å². The third kappa shape index (κ3) is 4.40. The van der Waals surface area contributed by atoms with E-state index in [0.29, 0.717) is 23.7 Å². The number of rotatable bonds is 5.